The van der Waals surface area contributed by atoms with Gasteiger partial charge in [-0.25, -0.2) is 23.4 Å². The molecule has 1 aromatic rings. The van der Waals surface area contributed by atoms with Crippen molar-refractivity contribution in [2.24, 2.45) is 10.7 Å². The molecule has 0 radical (unpaired) electrons. The number of benzene rings is 1. The molecule has 3 rings (SSSR count). The van der Waals surface area contributed by atoms with E-state index in [2.05, 4.69) is 10.3 Å². The summed E-state index contributed by atoms with van der Waals surface area (Å²) in [7, 11) is 0. The van der Waals surface area contributed by atoms with Gasteiger partial charge in [-0.1, -0.05) is 6.92 Å². The second-order valence-electron chi connectivity index (χ2n) is 8.38. The number of cyclic esters (lactones) is 1. The lowest BCUT2D eigenvalue weighted by Crippen LogP contribution is -2.42. The Morgan fingerprint density at radius 3 is 2.56 bits per heavy atom. The molecule has 2 aliphatic heterocycles. The fourth-order valence-corrected chi connectivity index (χ4v) is 3.78. The van der Waals surface area contributed by atoms with E-state index in [1.54, 1.807) is 6.21 Å². The number of urea groups is 1. The number of hydroxylamine groups is 2. The van der Waals surface area contributed by atoms with E-state index < -0.39 is 42.2 Å². The van der Waals surface area contributed by atoms with Crippen molar-refractivity contribution < 1.29 is 41.5 Å². The summed E-state index contributed by atoms with van der Waals surface area (Å²) in [5, 5.41) is 5.57. The highest BCUT2D eigenvalue weighted by molar-refractivity contribution is 5.90. The van der Waals surface area contributed by atoms with Gasteiger partial charge in [0.05, 0.1) is 44.2 Å². The molecule has 2 heterocycles. The monoisotopic (exact) mass is 559 g/mol. The van der Waals surface area contributed by atoms with Crippen LogP contribution < -0.4 is 26.2 Å². The van der Waals surface area contributed by atoms with Crippen LogP contribution in [0.15, 0.2) is 29.0 Å². The topological polar surface area (TPSA) is 142 Å². The first-order chi connectivity index (χ1) is 18.6. The third-order valence-electron chi connectivity index (χ3n) is 5.67. The molecule has 0 bridgehead atoms. The number of rotatable bonds is 9. The van der Waals surface area contributed by atoms with Crippen molar-refractivity contribution in [1.29, 1.82) is 0 Å². The van der Waals surface area contributed by atoms with Crippen LogP contribution in [0.5, 0.6) is 0 Å². The number of carbonyl (C=O) groups is 3. The molecule has 1 atom stereocenters. The Kier molecular flexibility index (Phi) is 10.3. The van der Waals surface area contributed by atoms with Gasteiger partial charge in [-0.3, -0.25) is 19.5 Å². The lowest BCUT2D eigenvalue weighted by Gasteiger charge is -2.24. The minimum absolute atomic E-state index is 0.0170. The lowest BCUT2D eigenvalue weighted by molar-refractivity contribution is -0.132. The Morgan fingerprint density at radius 1 is 1.21 bits per heavy atom. The fraction of sp³-hybridized carbons (Fsp3) is 0.478. The summed E-state index contributed by atoms with van der Waals surface area (Å²) in [5.74, 6) is -3.48. The van der Waals surface area contributed by atoms with Gasteiger partial charge < -0.3 is 26.0 Å². The van der Waals surface area contributed by atoms with Crippen LogP contribution in [0.4, 0.5) is 38.5 Å². The summed E-state index contributed by atoms with van der Waals surface area (Å²) in [6.45, 7) is 1.37. The molecule has 0 aliphatic carbocycles. The van der Waals surface area contributed by atoms with E-state index in [9.17, 15) is 23.2 Å². The molecule has 2 fully saturated rings. The van der Waals surface area contributed by atoms with Crippen molar-refractivity contribution in [3.63, 3.8) is 0 Å². The van der Waals surface area contributed by atoms with Crippen LogP contribution in [0.25, 0.3) is 0 Å². The van der Waals surface area contributed by atoms with E-state index in [0.29, 0.717) is 12.1 Å². The second kappa shape index (κ2) is 13.6. The van der Waals surface area contributed by atoms with Gasteiger partial charge in [-0.2, -0.15) is 8.78 Å². The van der Waals surface area contributed by atoms with Crippen molar-refractivity contribution in [1.82, 2.24) is 15.7 Å². The predicted molar refractivity (Wildman–Crippen MR) is 132 cm³/mol. The number of anilines is 2. The molecule has 4 amide bonds. The van der Waals surface area contributed by atoms with Crippen LogP contribution in [0.3, 0.4) is 0 Å². The van der Waals surface area contributed by atoms with Crippen molar-refractivity contribution >= 4 is 35.6 Å². The molecule has 2 aliphatic rings. The average Bonchev–Trinajstić information content (AvgIpc) is 3.11. The predicted octanol–water partition coefficient (Wildman–Crippen LogP) is 1.72. The largest absolute Gasteiger partial charge is 0.442 e. The lowest BCUT2D eigenvalue weighted by atomic mass is 10.2. The molecule has 0 aromatic heterocycles. The van der Waals surface area contributed by atoms with E-state index in [4.69, 9.17) is 15.3 Å². The highest BCUT2D eigenvalue weighted by atomic mass is 19.3. The van der Waals surface area contributed by atoms with E-state index >= 15 is 8.78 Å². The Morgan fingerprint density at radius 2 is 1.92 bits per heavy atom. The molecular weight excluding hydrogens is 530 g/mol. The number of nitrogens with two attached hydrogens (primary N) is 1. The highest BCUT2D eigenvalue weighted by Gasteiger charge is 2.34. The van der Waals surface area contributed by atoms with Crippen LogP contribution in [0.2, 0.25) is 0 Å². The standard InChI is InChI=1S/C23H29F4N7O5/c1-2-3-29-14(10-28)11-31-22(36)34-5-4-32(6-7-38-34)19-17(24)8-15(9-18(19)25)33-13-16(39-23(33)37)12-30-21(35)20(26)27/h3,8-10,16,20H,2,4-7,11-13,28H2,1H3,(H,30,35)(H,31,36)/b14-10-,29-3?/t16-/m0/s1. The zero-order chi connectivity index (χ0) is 28.5. The summed E-state index contributed by atoms with van der Waals surface area (Å²) >= 11 is 0. The van der Waals surface area contributed by atoms with Crippen molar-refractivity contribution in [2.75, 3.05) is 55.7 Å². The minimum atomic E-state index is -3.23. The first-order valence-corrected chi connectivity index (χ1v) is 12.0. The van der Waals surface area contributed by atoms with Crippen LogP contribution in [-0.2, 0) is 14.4 Å². The van der Waals surface area contributed by atoms with Gasteiger partial charge in [0.25, 0.3) is 5.91 Å². The third kappa shape index (κ3) is 7.72. The molecule has 4 N–H and O–H groups in total. The van der Waals surface area contributed by atoms with Crippen LogP contribution in [0, 0.1) is 11.6 Å². The minimum Gasteiger partial charge on any atom is -0.442 e. The van der Waals surface area contributed by atoms with Crippen molar-refractivity contribution in [3.8, 4) is 0 Å². The number of alkyl halides is 2. The van der Waals surface area contributed by atoms with Gasteiger partial charge in [0.2, 0.25) is 0 Å². The molecular formula is C23H29F4N7O5. The van der Waals surface area contributed by atoms with Crippen LogP contribution in [0.1, 0.15) is 13.3 Å². The van der Waals surface area contributed by atoms with Crippen molar-refractivity contribution in [2.45, 2.75) is 25.9 Å². The maximum Gasteiger partial charge on any atom is 0.414 e. The highest BCUT2D eigenvalue weighted by Crippen LogP contribution is 2.31. The molecule has 214 valence electrons. The summed E-state index contributed by atoms with van der Waals surface area (Å²) in [6.07, 6.45) is -1.57. The Bertz CT molecular complexity index is 1100. The number of carbonyl (C=O) groups excluding carboxylic acids is 3. The fourth-order valence-electron chi connectivity index (χ4n) is 3.78. The molecule has 0 unspecified atom stereocenters. The first-order valence-electron chi connectivity index (χ1n) is 12.0. The number of halogens is 4. The van der Waals surface area contributed by atoms with Gasteiger partial charge in [0.15, 0.2) is 11.6 Å². The molecule has 0 saturated carbocycles. The molecule has 39 heavy (non-hydrogen) atoms. The SMILES string of the molecule is CCC=N/C(=C\N)CNC(=O)N1CCN(c2c(F)cc(N3C[C@H](CNC(=O)C(F)F)OC3=O)cc2F)CCO1. The Hall–Kier alpha value is -4.08. The summed E-state index contributed by atoms with van der Waals surface area (Å²) in [6, 6.07) is 1.30. The maximum absolute atomic E-state index is 15.1. The number of hydrogen-bond donors (Lipinski definition) is 3. The molecule has 1 aromatic carbocycles. The van der Waals surface area contributed by atoms with Crippen LogP contribution >= 0.6 is 0 Å². The molecule has 12 nitrogen and oxygen atoms in total. The Balaban J connectivity index is 1.61. The Labute approximate surface area is 221 Å². The van der Waals surface area contributed by atoms with E-state index in [0.717, 1.165) is 22.1 Å². The zero-order valence-corrected chi connectivity index (χ0v) is 21.0. The zero-order valence-electron chi connectivity index (χ0n) is 21.0. The van der Waals surface area contributed by atoms with Gasteiger partial charge in [-0.05, 0) is 6.42 Å². The van der Waals surface area contributed by atoms with E-state index in [1.807, 2.05) is 12.2 Å². The number of aliphatic imine (C=N–C) groups is 1. The quantitative estimate of drug-likeness (QED) is 0.309. The number of hydrogen-bond acceptors (Lipinski definition) is 8. The average molecular weight is 560 g/mol. The second-order valence-corrected chi connectivity index (χ2v) is 8.38. The molecule has 0 spiro atoms. The summed E-state index contributed by atoms with van der Waals surface area (Å²) in [5.41, 5.74) is 5.41. The number of nitrogens with one attached hydrogen (secondary N) is 2. The summed E-state index contributed by atoms with van der Waals surface area (Å²) in [4.78, 5) is 47.5. The van der Waals surface area contributed by atoms with E-state index in [-0.39, 0.29) is 57.3 Å². The van der Waals surface area contributed by atoms with Crippen LogP contribution in [-0.4, -0.2) is 87.7 Å². The smallest absolute Gasteiger partial charge is 0.414 e. The van der Waals surface area contributed by atoms with Gasteiger partial charge in [-0.15, -0.1) is 0 Å². The molecule has 2 saturated heterocycles. The van der Waals surface area contributed by atoms with Gasteiger partial charge >= 0.3 is 18.5 Å². The summed E-state index contributed by atoms with van der Waals surface area (Å²) < 4.78 is 59.9. The third-order valence-corrected chi connectivity index (χ3v) is 5.67. The van der Waals surface area contributed by atoms with E-state index in [1.165, 1.54) is 11.1 Å². The van der Waals surface area contributed by atoms with Gasteiger partial charge in [0.1, 0.15) is 11.8 Å². The number of ether oxygens (including phenoxy) is 1. The number of amides is 4. The molecule has 16 heteroatoms. The van der Waals surface area contributed by atoms with Crippen molar-refractivity contribution in [3.05, 3.63) is 35.7 Å². The maximum atomic E-state index is 15.1. The van der Waals surface area contributed by atoms with Gasteiger partial charge in [0, 0.05) is 37.6 Å². The first kappa shape index (κ1) is 29.5. The number of nitrogens with zero attached hydrogens (tertiary/aromatic N) is 4. The normalized spacial score (nSPS) is 18.5.